The van der Waals surface area contributed by atoms with E-state index in [1.54, 1.807) is 42.5 Å². The Balaban J connectivity index is 1.46. The van der Waals surface area contributed by atoms with Crippen LogP contribution in [0.1, 0.15) is 27.4 Å². The second kappa shape index (κ2) is 7.07. The summed E-state index contributed by atoms with van der Waals surface area (Å²) < 4.78 is 15.8. The van der Waals surface area contributed by atoms with Crippen molar-refractivity contribution in [2.75, 3.05) is 5.32 Å². The minimum Gasteiger partial charge on any atom is -0.489 e. The fraction of sp³-hybridized carbons (Fsp3) is 0.150. The molecule has 0 radical (unpaired) electrons. The van der Waals surface area contributed by atoms with Crippen molar-refractivity contribution in [1.29, 1.82) is 0 Å². The lowest BCUT2D eigenvalue weighted by molar-refractivity contribution is 0.102. The zero-order valence-electron chi connectivity index (χ0n) is 15.2. The summed E-state index contributed by atoms with van der Waals surface area (Å²) in [4.78, 5) is 26.4. The zero-order valence-corrected chi connectivity index (χ0v) is 15.2. The third-order valence-electron chi connectivity index (χ3n) is 4.39. The van der Waals surface area contributed by atoms with Crippen molar-refractivity contribution in [2.24, 2.45) is 0 Å². The van der Waals surface area contributed by atoms with Gasteiger partial charge in [-0.2, -0.15) is 0 Å². The molecule has 8 nitrogen and oxygen atoms in total. The molecule has 0 atom stereocenters. The molecule has 0 saturated heterocycles. The molecule has 1 amide bonds. The minimum absolute atomic E-state index is 0.313. The first-order chi connectivity index (χ1) is 13.5. The Hall–Kier alpha value is -3.81. The molecule has 0 fully saturated rings. The van der Waals surface area contributed by atoms with Gasteiger partial charge >= 0.3 is 5.76 Å². The monoisotopic (exact) mass is 379 g/mol. The lowest BCUT2D eigenvalue weighted by Crippen LogP contribution is -2.12. The fourth-order valence-corrected chi connectivity index (χ4v) is 2.84. The number of aryl methyl sites for hydroxylation is 2. The van der Waals surface area contributed by atoms with Crippen LogP contribution < -0.4 is 15.8 Å². The Kier molecular flexibility index (Phi) is 4.44. The van der Waals surface area contributed by atoms with Crippen molar-refractivity contribution in [1.82, 2.24) is 10.1 Å². The van der Waals surface area contributed by atoms with Gasteiger partial charge in [0, 0.05) is 5.56 Å². The summed E-state index contributed by atoms with van der Waals surface area (Å²) >= 11 is 0. The topological polar surface area (TPSA) is 110 Å². The number of para-hydroxylation sites is 1. The number of aromatic nitrogens is 2. The van der Waals surface area contributed by atoms with Crippen LogP contribution in [0, 0.1) is 13.8 Å². The molecular formula is C20H17N3O5. The van der Waals surface area contributed by atoms with Gasteiger partial charge in [-0.25, -0.2) is 4.79 Å². The molecule has 4 rings (SSSR count). The first-order valence-electron chi connectivity index (χ1n) is 8.59. The number of hydrogen-bond donors (Lipinski definition) is 2. The van der Waals surface area contributed by atoms with E-state index >= 15 is 0 Å². The Morgan fingerprint density at radius 1 is 1.18 bits per heavy atom. The van der Waals surface area contributed by atoms with Crippen LogP contribution >= 0.6 is 0 Å². The summed E-state index contributed by atoms with van der Waals surface area (Å²) in [5.41, 5.74) is 3.44. The first-order valence-corrected chi connectivity index (χ1v) is 8.59. The van der Waals surface area contributed by atoms with Crippen LogP contribution in [0.4, 0.5) is 5.69 Å². The number of ether oxygens (including phenoxy) is 1. The average Bonchev–Trinajstić information content (AvgIpc) is 3.22. The molecule has 4 aromatic rings. The van der Waals surface area contributed by atoms with E-state index in [2.05, 4.69) is 15.5 Å². The number of fused-ring (bicyclic) bond motifs is 1. The first kappa shape index (κ1) is 17.6. The van der Waals surface area contributed by atoms with Crippen LogP contribution in [0.25, 0.3) is 11.1 Å². The quantitative estimate of drug-likeness (QED) is 0.549. The van der Waals surface area contributed by atoms with Gasteiger partial charge in [-0.15, -0.1) is 0 Å². The molecule has 0 bridgehead atoms. The molecule has 0 spiro atoms. The maximum atomic E-state index is 12.5. The second-order valence-corrected chi connectivity index (χ2v) is 6.26. The smallest absolute Gasteiger partial charge is 0.417 e. The summed E-state index contributed by atoms with van der Waals surface area (Å²) in [5, 5.41) is 6.66. The predicted molar refractivity (Wildman–Crippen MR) is 102 cm³/mol. The summed E-state index contributed by atoms with van der Waals surface area (Å²) in [7, 11) is 0. The second-order valence-electron chi connectivity index (χ2n) is 6.26. The average molecular weight is 379 g/mol. The maximum Gasteiger partial charge on any atom is 0.417 e. The van der Waals surface area contributed by atoms with Crippen molar-refractivity contribution in [3.05, 3.63) is 75.6 Å². The molecule has 0 saturated carbocycles. The SMILES string of the molecule is Cc1noc(C)c1COc1ccc(C(=O)Nc2cccc3oc(=O)[nH]c23)cc1. The van der Waals surface area contributed by atoms with Gasteiger partial charge in [0.2, 0.25) is 0 Å². The molecule has 2 N–H and O–H groups in total. The highest BCUT2D eigenvalue weighted by atomic mass is 16.5. The highest BCUT2D eigenvalue weighted by Gasteiger charge is 2.12. The van der Waals surface area contributed by atoms with Gasteiger partial charge in [-0.3, -0.25) is 9.78 Å². The molecule has 0 aliphatic carbocycles. The molecule has 0 aliphatic heterocycles. The number of rotatable bonds is 5. The number of benzene rings is 2. The lowest BCUT2D eigenvalue weighted by atomic mass is 10.2. The molecule has 2 heterocycles. The van der Waals surface area contributed by atoms with Crippen LogP contribution in [0.5, 0.6) is 5.75 Å². The Labute approximate surface area is 159 Å². The molecule has 2 aromatic carbocycles. The van der Waals surface area contributed by atoms with Crippen molar-refractivity contribution in [3.8, 4) is 5.75 Å². The highest BCUT2D eigenvalue weighted by molar-refractivity contribution is 6.07. The van der Waals surface area contributed by atoms with Gasteiger partial charge < -0.3 is 19.0 Å². The third kappa shape index (κ3) is 3.39. The van der Waals surface area contributed by atoms with E-state index in [9.17, 15) is 9.59 Å². The van der Waals surface area contributed by atoms with Gasteiger partial charge in [0.05, 0.1) is 16.9 Å². The van der Waals surface area contributed by atoms with Crippen LogP contribution in [0.15, 0.2) is 56.2 Å². The van der Waals surface area contributed by atoms with Gasteiger partial charge in [-0.05, 0) is 50.2 Å². The molecular weight excluding hydrogens is 362 g/mol. The molecule has 28 heavy (non-hydrogen) atoms. The largest absolute Gasteiger partial charge is 0.489 e. The summed E-state index contributed by atoms with van der Waals surface area (Å²) in [5.74, 6) is 0.459. The number of nitrogens with one attached hydrogen (secondary N) is 2. The Morgan fingerprint density at radius 3 is 2.68 bits per heavy atom. The van der Waals surface area contributed by atoms with E-state index in [1.807, 2.05) is 13.8 Å². The fourth-order valence-electron chi connectivity index (χ4n) is 2.84. The van der Waals surface area contributed by atoms with Gasteiger partial charge in [-0.1, -0.05) is 11.2 Å². The van der Waals surface area contributed by atoms with Crippen molar-refractivity contribution < 1.29 is 18.5 Å². The van der Waals surface area contributed by atoms with E-state index < -0.39 is 5.76 Å². The van der Waals surface area contributed by atoms with Crippen molar-refractivity contribution >= 4 is 22.7 Å². The Bertz CT molecular complexity index is 1180. The van der Waals surface area contributed by atoms with Crippen molar-refractivity contribution in [3.63, 3.8) is 0 Å². The minimum atomic E-state index is -0.573. The predicted octanol–water partition coefficient (Wildman–Crippen LogP) is 3.56. The number of anilines is 1. The molecule has 142 valence electrons. The highest BCUT2D eigenvalue weighted by Crippen LogP contribution is 2.22. The summed E-state index contributed by atoms with van der Waals surface area (Å²) in [6, 6.07) is 11.8. The molecule has 0 unspecified atom stereocenters. The zero-order chi connectivity index (χ0) is 19.7. The van der Waals surface area contributed by atoms with Gasteiger partial charge in [0.1, 0.15) is 23.6 Å². The van der Waals surface area contributed by atoms with Crippen LogP contribution in [0.3, 0.4) is 0 Å². The number of carbonyl (C=O) groups excluding carboxylic acids is 1. The number of carbonyl (C=O) groups is 1. The number of hydrogen-bond acceptors (Lipinski definition) is 6. The van der Waals surface area contributed by atoms with E-state index in [1.165, 1.54) is 0 Å². The Morgan fingerprint density at radius 2 is 1.96 bits per heavy atom. The molecule has 0 aliphatic rings. The van der Waals surface area contributed by atoms with Gasteiger partial charge in [0.25, 0.3) is 5.91 Å². The van der Waals surface area contributed by atoms with E-state index in [-0.39, 0.29) is 5.91 Å². The van der Waals surface area contributed by atoms with Crippen LogP contribution in [-0.4, -0.2) is 16.0 Å². The lowest BCUT2D eigenvalue weighted by Gasteiger charge is -2.08. The van der Waals surface area contributed by atoms with Crippen LogP contribution in [-0.2, 0) is 6.61 Å². The number of oxazole rings is 1. The third-order valence-corrected chi connectivity index (χ3v) is 4.39. The van der Waals surface area contributed by atoms with E-state index in [0.29, 0.717) is 34.7 Å². The summed E-state index contributed by atoms with van der Waals surface area (Å²) in [6.07, 6.45) is 0. The number of nitrogens with zero attached hydrogens (tertiary/aromatic N) is 1. The van der Waals surface area contributed by atoms with Crippen molar-refractivity contribution in [2.45, 2.75) is 20.5 Å². The number of amides is 1. The molecule has 2 aromatic heterocycles. The normalized spacial score (nSPS) is 10.9. The van der Waals surface area contributed by atoms with E-state index in [4.69, 9.17) is 13.7 Å². The van der Waals surface area contributed by atoms with E-state index in [0.717, 1.165) is 17.0 Å². The maximum absolute atomic E-state index is 12.5. The molecule has 8 heteroatoms. The number of H-pyrrole nitrogens is 1. The number of aromatic amines is 1. The standard InChI is InChI=1S/C20H17N3O5/c1-11-15(12(2)28-23-11)10-26-14-8-6-13(7-9-14)19(24)21-16-4-3-5-17-18(16)22-20(25)27-17/h3-9H,10H2,1-2H3,(H,21,24)(H,22,25). The van der Waals surface area contributed by atoms with Gasteiger partial charge in [0.15, 0.2) is 5.58 Å². The summed E-state index contributed by atoms with van der Waals surface area (Å²) in [6.45, 7) is 4.03. The van der Waals surface area contributed by atoms with Crippen LogP contribution in [0.2, 0.25) is 0 Å².